The molecule has 0 saturated carbocycles. The lowest BCUT2D eigenvalue weighted by molar-refractivity contribution is 1.23. The van der Waals surface area contributed by atoms with Crippen LogP contribution in [0.15, 0.2) is 206 Å². The summed E-state index contributed by atoms with van der Waals surface area (Å²) in [6.07, 6.45) is 0. The maximum Gasteiger partial charge on any atom is 0.252 e. The summed E-state index contributed by atoms with van der Waals surface area (Å²) in [6.45, 7) is 4.35. The summed E-state index contributed by atoms with van der Waals surface area (Å²) in [5.74, 6) is 0. The van der Waals surface area contributed by atoms with Gasteiger partial charge in [-0.05, 0) is 138 Å². The Morgan fingerprint density at radius 2 is 0.581 bits per heavy atom. The molecule has 0 unspecified atom stereocenters. The monoisotopic (exact) mass is 790 g/mol. The number of nitrogens with zero attached hydrogens (tertiary/aromatic N) is 4. The van der Waals surface area contributed by atoms with Crippen molar-refractivity contribution in [2.45, 2.75) is 13.8 Å². The smallest absolute Gasteiger partial charge is 0.252 e. The lowest BCUT2D eigenvalue weighted by Crippen LogP contribution is -2.65. The molecule has 0 radical (unpaired) electrons. The number of rotatable bonds is 4. The Kier molecular flexibility index (Phi) is 7.59. The molecule has 13 rings (SSSR count). The normalized spacial score (nSPS) is 13.8. The van der Waals surface area contributed by atoms with Crippen molar-refractivity contribution in [1.29, 1.82) is 0 Å². The minimum absolute atomic E-state index is 0.00322. The Morgan fingerprint density at radius 1 is 0.258 bits per heavy atom. The van der Waals surface area contributed by atoms with Gasteiger partial charge in [0.15, 0.2) is 0 Å². The number of hydrogen-bond acceptors (Lipinski definition) is 4. The third-order valence-corrected chi connectivity index (χ3v) is 13.5. The molecule has 0 spiro atoms. The van der Waals surface area contributed by atoms with Crippen molar-refractivity contribution in [2.75, 3.05) is 19.6 Å². The van der Waals surface area contributed by atoms with Crippen LogP contribution < -0.4 is 52.4 Å². The highest BCUT2D eigenvalue weighted by atomic mass is 15.2. The lowest BCUT2D eigenvalue weighted by atomic mass is 9.30. The average molecular weight is 791 g/mol. The Balaban J connectivity index is 1.14. The van der Waals surface area contributed by atoms with Gasteiger partial charge in [-0.15, -0.1) is 0 Å². The minimum Gasteiger partial charge on any atom is -0.311 e. The van der Waals surface area contributed by atoms with Crippen LogP contribution in [0.25, 0.3) is 0 Å². The maximum atomic E-state index is 2.60. The van der Waals surface area contributed by atoms with Gasteiger partial charge in [0.2, 0.25) is 0 Å². The SMILES string of the molecule is Cc1ccc(N2c3cc4c(cc3B3c5ccccc5N(c5ccccc5)c5cccc2c53)B2c3ccccc3N(c3ccccc3)c3cccc(c32)N4c2ccc(C)cc2)cc1. The summed E-state index contributed by atoms with van der Waals surface area (Å²) in [4.78, 5) is 10.0. The molecule has 4 aliphatic rings. The van der Waals surface area contributed by atoms with E-state index >= 15 is 0 Å². The Bertz CT molecular complexity index is 3030. The van der Waals surface area contributed by atoms with Gasteiger partial charge in [0.25, 0.3) is 13.4 Å². The highest BCUT2D eigenvalue weighted by molar-refractivity contribution is 7.03. The number of benzene rings is 9. The van der Waals surface area contributed by atoms with Gasteiger partial charge in [-0.1, -0.05) is 126 Å². The maximum absolute atomic E-state index is 2.60. The summed E-state index contributed by atoms with van der Waals surface area (Å²) in [7, 11) is 0. The summed E-state index contributed by atoms with van der Waals surface area (Å²) >= 11 is 0. The molecule has 0 fully saturated rings. The van der Waals surface area contributed by atoms with Crippen molar-refractivity contribution in [3.63, 3.8) is 0 Å². The van der Waals surface area contributed by atoms with Crippen LogP contribution in [-0.2, 0) is 0 Å². The molecule has 0 aliphatic carbocycles. The van der Waals surface area contributed by atoms with E-state index in [9.17, 15) is 0 Å². The first-order chi connectivity index (χ1) is 30.6. The van der Waals surface area contributed by atoms with Crippen LogP contribution in [0.2, 0.25) is 0 Å². The first kappa shape index (κ1) is 35.1. The fraction of sp³-hybridized carbons (Fsp3) is 0.0357. The predicted molar refractivity (Wildman–Crippen MR) is 264 cm³/mol. The Hall–Kier alpha value is -7.69. The van der Waals surface area contributed by atoms with E-state index in [1.807, 2.05) is 0 Å². The molecule has 4 heterocycles. The molecule has 0 amide bonds. The first-order valence-corrected chi connectivity index (χ1v) is 21.7. The largest absolute Gasteiger partial charge is 0.311 e. The number of hydrogen-bond donors (Lipinski definition) is 0. The Labute approximate surface area is 363 Å². The van der Waals surface area contributed by atoms with Crippen LogP contribution in [0.3, 0.4) is 0 Å². The summed E-state index contributed by atoms with van der Waals surface area (Å²) in [5, 5.41) is 0. The predicted octanol–water partition coefficient (Wildman–Crippen LogP) is 10.5. The molecule has 290 valence electrons. The molecular weight excluding hydrogens is 750 g/mol. The van der Waals surface area contributed by atoms with Gasteiger partial charge in [0.05, 0.1) is 0 Å². The third kappa shape index (κ3) is 4.98. The zero-order valence-corrected chi connectivity index (χ0v) is 34.6. The van der Waals surface area contributed by atoms with Crippen molar-refractivity contribution in [3.05, 3.63) is 217 Å². The lowest BCUT2D eigenvalue weighted by Gasteiger charge is -2.47. The van der Waals surface area contributed by atoms with Crippen molar-refractivity contribution >= 4 is 114 Å². The second kappa shape index (κ2) is 13.4. The molecule has 4 nitrogen and oxygen atoms in total. The first-order valence-electron chi connectivity index (χ1n) is 21.7. The van der Waals surface area contributed by atoms with E-state index in [4.69, 9.17) is 0 Å². The molecule has 4 aliphatic heterocycles. The van der Waals surface area contributed by atoms with Gasteiger partial charge in [-0.3, -0.25) is 0 Å². The van der Waals surface area contributed by atoms with Gasteiger partial charge in [-0.25, -0.2) is 0 Å². The molecule has 9 aromatic carbocycles. The molecule has 0 atom stereocenters. The number of anilines is 12. The number of aryl methyl sites for hydroxylation is 2. The van der Waals surface area contributed by atoms with Crippen molar-refractivity contribution in [3.8, 4) is 0 Å². The second-order valence-electron chi connectivity index (χ2n) is 17.1. The third-order valence-electron chi connectivity index (χ3n) is 13.5. The summed E-state index contributed by atoms with van der Waals surface area (Å²) in [5.41, 5.74) is 24.7. The summed E-state index contributed by atoms with van der Waals surface area (Å²) < 4.78 is 0. The van der Waals surface area contributed by atoms with Crippen LogP contribution >= 0.6 is 0 Å². The van der Waals surface area contributed by atoms with Crippen LogP contribution in [0.5, 0.6) is 0 Å². The van der Waals surface area contributed by atoms with E-state index in [1.165, 1.54) is 89.4 Å². The fourth-order valence-electron chi connectivity index (χ4n) is 10.9. The van der Waals surface area contributed by atoms with E-state index in [-0.39, 0.29) is 13.4 Å². The van der Waals surface area contributed by atoms with Gasteiger partial charge < -0.3 is 19.6 Å². The molecule has 9 aromatic rings. The summed E-state index contributed by atoms with van der Waals surface area (Å²) in [6, 6.07) is 76.9. The van der Waals surface area contributed by atoms with Crippen LogP contribution in [0.4, 0.5) is 68.2 Å². The van der Waals surface area contributed by atoms with Gasteiger partial charge in [-0.2, -0.15) is 0 Å². The van der Waals surface area contributed by atoms with Crippen molar-refractivity contribution in [2.24, 2.45) is 0 Å². The van der Waals surface area contributed by atoms with E-state index in [0.717, 1.165) is 22.7 Å². The van der Waals surface area contributed by atoms with E-state index < -0.39 is 0 Å². The average Bonchev–Trinajstić information content (AvgIpc) is 3.32. The van der Waals surface area contributed by atoms with Crippen LogP contribution in [0.1, 0.15) is 11.1 Å². The highest BCUT2D eigenvalue weighted by Gasteiger charge is 2.47. The number of para-hydroxylation sites is 4. The van der Waals surface area contributed by atoms with E-state index in [0.29, 0.717) is 0 Å². The molecule has 0 saturated heterocycles. The van der Waals surface area contributed by atoms with Crippen LogP contribution in [-0.4, -0.2) is 13.4 Å². The van der Waals surface area contributed by atoms with Gasteiger partial charge >= 0.3 is 0 Å². The van der Waals surface area contributed by atoms with Gasteiger partial charge in [0.1, 0.15) is 0 Å². The molecule has 0 bridgehead atoms. The molecule has 62 heavy (non-hydrogen) atoms. The van der Waals surface area contributed by atoms with Crippen LogP contribution in [0, 0.1) is 13.8 Å². The quantitative estimate of drug-likeness (QED) is 0.165. The number of fused-ring (bicyclic) bond motifs is 8. The fourth-order valence-corrected chi connectivity index (χ4v) is 10.9. The zero-order valence-electron chi connectivity index (χ0n) is 34.6. The second-order valence-corrected chi connectivity index (χ2v) is 17.1. The molecule has 6 heteroatoms. The minimum atomic E-state index is 0.00322. The zero-order chi connectivity index (χ0) is 41.1. The highest BCUT2D eigenvalue weighted by Crippen LogP contribution is 2.48. The standard InChI is InChI=1S/C56H40B2N4/c1-37-27-31-41(32-28-37)61-51-25-13-23-49-55(51)57(43-19-9-11-21-47(43)59(49)39-15-5-3-6-16-39)45-35-46-54(36-53(45)61)62(42-33-29-38(2)30-34-42)52-26-14-24-50-56(52)58(46)44-20-10-12-22-48(44)60(50)40-17-7-4-8-18-40/h3-36H,1-2H3. The van der Waals surface area contributed by atoms with Crippen molar-refractivity contribution < 1.29 is 0 Å². The molecule has 0 aromatic heterocycles. The molecule has 0 N–H and O–H groups in total. The van der Waals surface area contributed by atoms with E-state index in [1.54, 1.807) is 0 Å². The van der Waals surface area contributed by atoms with Crippen molar-refractivity contribution in [1.82, 2.24) is 0 Å². The van der Waals surface area contributed by atoms with E-state index in [2.05, 4.69) is 240 Å². The molecular formula is C56H40B2N4. The van der Waals surface area contributed by atoms with Gasteiger partial charge in [0, 0.05) is 68.2 Å². The Morgan fingerprint density at radius 3 is 0.984 bits per heavy atom. The topological polar surface area (TPSA) is 13.0 Å².